The molecule has 0 bridgehead atoms. The largest absolute Gasteiger partial charge is 0.367 e. The summed E-state index contributed by atoms with van der Waals surface area (Å²) in [6.07, 6.45) is 6.58. The summed E-state index contributed by atoms with van der Waals surface area (Å²) in [5.74, 6) is 1.53. The Morgan fingerprint density at radius 3 is 2.55 bits per heavy atom. The van der Waals surface area contributed by atoms with E-state index in [1.807, 2.05) is 6.92 Å². The zero-order valence-corrected chi connectivity index (χ0v) is 12.5. The minimum atomic E-state index is -0.396. The molecule has 1 aliphatic rings. The second-order valence-electron chi connectivity index (χ2n) is 5.61. The second kappa shape index (κ2) is 6.09. The number of anilines is 1. The number of nitrogens with zero attached hydrogens (tertiary/aromatic N) is 3. The molecule has 0 amide bonds. The molecule has 6 heteroatoms. The van der Waals surface area contributed by atoms with Crippen LogP contribution in [0.2, 0.25) is 0 Å². The smallest absolute Gasteiger partial charge is 0.269 e. The molecule has 2 aromatic rings. The van der Waals surface area contributed by atoms with E-state index in [4.69, 9.17) is 0 Å². The number of hydrogen-bond donors (Lipinski definition) is 1. The third kappa shape index (κ3) is 3.05. The summed E-state index contributed by atoms with van der Waals surface area (Å²) in [6, 6.07) is 6.95. The van der Waals surface area contributed by atoms with E-state index in [0.29, 0.717) is 11.9 Å². The highest BCUT2D eigenvalue weighted by Crippen LogP contribution is 2.30. The van der Waals surface area contributed by atoms with Crippen LogP contribution in [0.3, 0.4) is 0 Å². The first-order valence-corrected chi connectivity index (χ1v) is 7.48. The first-order chi connectivity index (χ1) is 10.6. The molecular formula is C16H18N4O2. The van der Waals surface area contributed by atoms with Gasteiger partial charge in [0.1, 0.15) is 11.6 Å². The Kier molecular flexibility index (Phi) is 4.00. The van der Waals surface area contributed by atoms with Crippen LogP contribution in [-0.2, 0) is 0 Å². The summed E-state index contributed by atoms with van der Waals surface area (Å²) >= 11 is 0. The normalized spacial score (nSPS) is 15.0. The lowest BCUT2D eigenvalue weighted by atomic mass is 10.1. The highest BCUT2D eigenvalue weighted by atomic mass is 16.6. The van der Waals surface area contributed by atoms with E-state index in [1.54, 1.807) is 18.3 Å². The number of hydrogen-bond acceptors (Lipinski definition) is 5. The van der Waals surface area contributed by atoms with Crippen molar-refractivity contribution in [3.8, 4) is 11.1 Å². The number of benzene rings is 1. The Bertz CT molecular complexity index is 679. The van der Waals surface area contributed by atoms with Gasteiger partial charge in [0.15, 0.2) is 0 Å². The fourth-order valence-corrected chi connectivity index (χ4v) is 2.82. The van der Waals surface area contributed by atoms with E-state index in [-0.39, 0.29) is 5.69 Å². The predicted molar refractivity (Wildman–Crippen MR) is 84.7 cm³/mol. The van der Waals surface area contributed by atoms with Crippen molar-refractivity contribution in [1.29, 1.82) is 0 Å². The summed E-state index contributed by atoms with van der Waals surface area (Å²) in [5.41, 5.74) is 1.85. The van der Waals surface area contributed by atoms with Gasteiger partial charge in [-0.15, -0.1) is 0 Å². The molecule has 1 N–H and O–H groups in total. The van der Waals surface area contributed by atoms with E-state index in [9.17, 15) is 10.1 Å². The van der Waals surface area contributed by atoms with Gasteiger partial charge in [-0.1, -0.05) is 12.8 Å². The molecule has 22 heavy (non-hydrogen) atoms. The zero-order valence-electron chi connectivity index (χ0n) is 12.5. The highest BCUT2D eigenvalue weighted by Gasteiger charge is 2.18. The van der Waals surface area contributed by atoms with E-state index < -0.39 is 4.92 Å². The Morgan fingerprint density at radius 1 is 1.23 bits per heavy atom. The van der Waals surface area contributed by atoms with E-state index in [1.165, 1.54) is 25.0 Å². The van der Waals surface area contributed by atoms with Gasteiger partial charge in [0.05, 0.1) is 4.92 Å². The number of nitro benzene ring substituents is 1. The van der Waals surface area contributed by atoms with Gasteiger partial charge < -0.3 is 5.32 Å². The summed E-state index contributed by atoms with van der Waals surface area (Å²) in [5, 5.41) is 14.3. The lowest BCUT2D eigenvalue weighted by Crippen LogP contribution is -2.16. The van der Waals surface area contributed by atoms with Gasteiger partial charge in [-0.05, 0) is 37.5 Å². The molecule has 1 fully saturated rings. The number of nitrogens with one attached hydrogen (secondary N) is 1. The van der Waals surface area contributed by atoms with Crippen molar-refractivity contribution in [2.24, 2.45) is 0 Å². The number of nitro groups is 1. The molecule has 1 heterocycles. The Labute approximate surface area is 128 Å². The number of aryl methyl sites for hydroxylation is 1. The van der Waals surface area contributed by atoms with Crippen molar-refractivity contribution in [2.75, 3.05) is 5.32 Å². The second-order valence-corrected chi connectivity index (χ2v) is 5.61. The predicted octanol–water partition coefficient (Wildman–Crippen LogP) is 3.71. The van der Waals surface area contributed by atoms with Gasteiger partial charge in [-0.3, -0.25) is 10.1 Å². The third-order valence-electron chi connectivity index (χ3n) is 3.99. The summed E-state index contributed by atoms with van der Waals surface area (Å²) in [7, 11) is 0. The monoisotopic (exact) mass is 298 g/mol. The lowest BCUT2D eigenvalue weighted by molar-refractivity contribution is -0.384. The van der Waals surface area contributed by atoms with Crippen molar-refractivity contribution in [1.82, 2.24) is 9.97 Å². The molecule has 0 saturated heterocycles. The maximum atomic E-state index is 10.8. The first kappa shape index (κ1) is 14.4. The number of aromatic nitrogens is 2. The molecule has 1 aromatic heterocycles. The highest BCUT2D eigenvalue weighted by molar-refractivity contribution is 5.75. The zero-order chi connectivity index (χ0) is 15.5. The van der Waals surface area contributed by atoms with Crippen molar-refractivity contribution in [3.05, 3.63) is 46.4 Å². The minimum absolute atomic E-state index is 0.0853. The maximum absolute atomic E-state index is 10.8. The minimum Gasteiger partial charge on any atom is -0.367 e. The van der Waals surface area contributed by atoms with Crippen LogP contribution in [0, 0.1) is 17.0 Å². The summed E-state index contributed by atoms with van der Waals surface area (Å²) < 4.78 is 0. The average Bonchev–Trinajstić information content (AvgIpc) is 3.00. The van der Waals surface area contributed by atoms with E-state index in [2.05, 4.69) is 15.3 Å². The van der Waals surface area contributed by atoms with Crippen molar-refractivity contribution in [3.63, 3.8) is 0 Å². The van der Waals surface area contributed by atoms with Crippen LogP contribution in [-0.4, -0.2) is 20.9 Å². The molecule has 0 aliphatic heterocycles. The quantitative estimate of drug-likeness (QED) is 0.687. The number of non-ortho nitro benzene ring substituents is 1. The van der Waals surface area contributed by atoms with Gasteiger partial charge in [0, 0.05) is 29.9 Å². The fourth-order valence-electron chi connectivity index (χ4n) is 2.82. The third-order valence-corrected chi connectivity index (χ3v) is 3.99. The van der Waals surface area contributed by atoms with Gasteiger partial charge in [-0.2, -0.15) is 0 Å². The van der Waals surface area contributed by atoms with Crippen molar-refractivity contribution < 1.29 is 4.92 Å². The Hall–Kier alpha value is -2.50. The molecule has 1 saturated carbocycles. The molecule has 1 aliphatic carbocycles. The van der Waals surface area contributed by atoms with Crippen LogP contribution in [0.5, 0.6) is 0 Å². The Morgan fingerprint density at radius 2 is 1.91 bits per heavy atom. The van der Waals surface area contributed by atoms with Crippen LogP contribution in [0.25, 0.3) is 11.1 Å². The molecular weight excluding hydrogens is 280 g/mol. The van der Waals surface area contributed by atoms with Gasteiger partial charge in [0.2, 0.25) is 0 Å². The van der Waals surface area contributed by atoms with Crippen LogP contribution in [0.4, 0.5) is 11.5 Å². The van der Waals surface area contributed by atoms with Crippen LogP contribution in [0.1, 0.15) is 31.5 Å². The first-order valence-electron chi connectivity index (χ1n) is 7.48. The van der Waals surface area contributed by atoms with E-state index >= 15 is 0 Å². The average molecular weight is 298 g/mol. The molecule has 1 aromatic carbocycles. The topological polar surface area (TPSA) is 81.0 Å². The van der Waals surface area contributed by atoms with Crippen molar-refractivity contribution >= 4 is 11.5 Å². The molecule has 0 atom stereocenters. The van der Waals surface area contributed by atoms with Crippen LogP contribution < -0.4 is 5.32 Å². The van der Waals surface area contributed by atoms with E-state index in [0.717, 1.165) is 29.8 Å². The van der Waals surface area contributed by atoms with Crippen molar-refractivity contribution in [2.45, 2.75) is 38.6 Å². The fraction of sp³-hybridized carbons (Fsp3) is 0.375. The molecule has 114 valence electrons. The Balaban J connectivity index is 1.93. The summed E-state index contributed by atoms with van der Waals surface area (Å²) in [6.45, 7) is 1.86. The SMILES string of the molecule is Cc1ncc(-c2ccc([N+](=O)[O-])cc2)c(NC2CCCC2)n1. The van der Waals surface area contributed by atoms with Gasteiger partial charge in [-0.25, -0.2) is 9.97 Å². The van der Waals surface area contributed by atoms with Crippen LogP contribution >= 0.6 is 0 Å². The van der Waals surface area contributed by atoms with Crippen LogP contribution in [0.15, 0.2) is 30.5 Å². The summed E-state index contributed by atoms with van der Waals surface area (Å²) in [4.78, 5) is 19.1. The molecule has 0 unspecified atom stereocenters. The van der Waals surface area contributed by atoms with Gasteiger partial charge >= 0.3 is 0 Å². The lowest BCUT2D eigenvalue weighted by Gasteiger charge is -2.16. The standard InChI is InChI=1S/C16H18N4O2/c1-11-17-10-15(12-6-8-14(9-7-12)20(21)22)16(18-11)19-13-4-2-3-5-13/h6-10,13H,2-5H2,1H3,(H,17,18,19). The maximum Gasteiger partial charge on any atom is 0.269 e. The molecule has 0 spiro atoms. The molecule has 6 nitrogen and oxygen atoms in total. The van der Waals surface area contributed by atoms with Gasteiger partial charge in [0.25, 0.3) is 5.69 Å². The number of rotatable bonds is 4. The molecule has 0 radical (unpaired) electrons. The molecule has 3 rings (SSSR count).